The average Bonchev–Trinajstić information content (AvgIpc) is 2.71. The van der Waals surface area contributed by atoms with Gasteiger partial charge in [0.25, 0.3) is 0 Å². The Morgan fingerprint density at radius 3 is 2.28 bits per heavy atom. The van der Waals surface area contributed by atoms with Crippen LogP contribution in [0.15, 0.2) is 4.99 Å². The zero-order valence-corrected chi connectivity index (χ0v) is 21.7. The molecule has 174 valence electrons. The Hall–Kier alpha value is -0.170. The topological polar surface area (TPSA) is 95.1 Å². The number of nitrogens with zero attached hydrogens (tertiary/aromatic N) is 2. The Labute approximate surface area is 195 Å². The number of nitrogens with one attached hydrogen (secondary N) is 3. The highest BCUT2D eigenvalue weighted by molar-refractivity contribution is 14.0. The number of rotatable bonds is 13. The summed E-state index contributed by atoms with van der Waals surface area (Å²) in [6.45, 7) is 14.4. The first-order valence-electron chi connectivity index (χ1n) is 10.8. The Bertz CT molecular complexity index is 538. The van der Waals surface area contributed by atoms with Crippen molar-refractivity contribution in [2.24, 2.45) is 10.9 Å². The molecule has 1 rings (SSSR count). The maximum Gasteiger partial charge on any atom is 0.211 e. The molecule has 0 aliphatic carbocycles. The van der Waals surface area contributed by atoms with Crippen molar-refractivity contribution in [2.75, 3.05) is 58.2 Å². The van der Waals surface area contributed by atoms with E-state index >= 15 is 0 Å². The van der Waals surface area contributed by atoms with Gasteiger partial charge in [-0.3, -0.25) is 9.89 Å². The second-order valence-corrected chi connectivity index (χ2v) is 9.19. The van der Waals surface area contributed by atoms with E-state index in [9.17, 15) is 8.42 Å². The summed E-state index contributed by atoms with van der Waals surface area (Å²) >= 11 is 0. The predicted molar refractivity (Wildman–Crippen MR) is 132 cm³/mol. The molecular weight excluding hydrogens is 505 g/mol. The van der Waals surface area contributed by atoms with Gasteiger partial charge in [0.1, 0.15) is 0 Å². The molecular formula is C19H42IN5O3S. The number of hydrogen-bond acceptors (Lipinski definition) is 5. The quantitative estimate of drug-likeness (QED) is 0.141. The van der Waals surface area contributed by atoms with E-state index in [1.165, 1.54) is 0 Å². The zero-order valence-electron chi connectivity index (χ0n) is 18.6. The van der Waals surface area contributed by atoms with E-state index in [1.54, 1.807) is 6.92 Å². The van der Waals surface area contributed by atoms with E-state index < -0.39 is 10.0 Å². The first kappa shape index (κ1) is 28.8. The van der Waals surface area contributed by atoms with Gasteiger partial charge in [-0.2, -0.15) is 0 Å². The summed E-state index contributed by atoms with van der Waals surface area (Å²) in [6.07, 6.45) is 3.01. The standard InChI is InChI=1S/C19H41N5O3S.HI/c1-5-17(6-2)18(24-12-14-27-15-13-24)16-22-19(20-7-3)21-10-9-11-23-28(25,26)8-4;/h17-18,23H,5-16H2,1-4H3,(H2,20,21,22);1H. The number of halogens is 1. The van der Waals surface area contributed by atoms with Crippen LogP contribution in [-0.2, 0) is 14.8 Å². The molecule has 3 N–H and O–H groups in total. The lowest BCUT2D eigenvalue weighted by Gasteiger charge is -2.38. The molecule has 29 heavy (non-hydrogen) atoms. The normalized spacial score (nSPS) is 17.1. The van der Waals surface area contributed by atoms with Gasteiger partial charge in [0, 0.05) is 38.8 Å². The van der Waals surface area contributed by atoms with Crippen LogP contribution in [0.5, 0.6) is 0 Å². The molecule has 1 unspecified atom stereocenters. The summed E-state index contributed by atoms with van der Waals surface area (Å²) in [5, 5.41) is 6.61. The van der Waals surface area contributed by atoms with Crippen molar-refractivity contribution in [2.45, 2.75) is 53.0 Å². The monoisotopic (exact) mass is 547 g/mol. The Morgan fingerprint density at radius 2 is 1.72 bits per heavy atom. The summed E-state index contributed by atoms with van der Waals surface area (Å²) in [7, 11) is -3.12. The maximum atomic E-state index is 11.5. The second kappa shape index (κ2) is 16.5. The average molecular weight is 548 g/mol. The minimum absolute atomic E-state index is 0. The molecule has 1 atom stereocenters. The summed E-state index contributed by atoms with van der Waals surface area (Å²) in [4.78, 5) is 7.36. The highest BCUT2D eigenvalue weighted by Crippen LogP contribution is 2.20. The number of guanidine groups is 1. The lowest BCUT2D eigenvalue weighted by Crippen LogP contribution is -2.49. The zero-order chi connectivity index (χ0) is 20.8. The molecule has 1 heterocycles. The first-order valence-corrected chi connectivity index (χ1v) is 12.4. The van der Waals surface area contributed by atoms with Crippen LogP contribution < -0.4 is 15.4 Å². The Balaban J connectivity index is 0.00000784. The fourth-order valence-electron chi connectivity index (χ4n) is 3.46. The molecule has 0 bridgehead atoms. The molecule has 8 nitrogen and oxygen atoms in total. The van der Waals surface area contributed by atoms with Gasteiger partial charge in [-0.1, -0.05) is 26.7 Å². The van der Waals surface area contributed by atoms with Crippen molar-refractivity contribution in [1.82, 2.24) is 20.3 Å². The molecule has 1 fully saturated rings. The number of sulfonamides is 1. The molecule has 1 aliphatic rings. The number of morpholine rings is 1. The highest BCUT2D eigenvalue weighted by atomic mass is 127. The molecule has 0 amide bonds. The van der Waals surface area contributed by atoms with Crippen LogP contribution in [0.25, 0.3) is 0 Å². The Morgan fingerprint density at radius 1 is 1.07 bits per heavy atom. The molecule has 1 aliphatic heterocycles. The third-order valence-electron chi connectivity index (χ3n) is 5.24. The van der Waals surface area contributed by atoms with Gasteiger partial charge in [0.2, 0.25) is 10.0 Å². The third-order valence-corrected chi connectivity index (χ3v) is 6.64. The summed E-state index contributed by atoms with van der Waals surface area (Å²) in [5.41, 5.74) is 0. The number of aliphatic imine (C=N–C) groups is 1. The minimum Gasteiger partial charge on any atom is -0.379 e. The van der Waals surface area contributed by atoms with E-state index in [-0.39, 0.29) is 29.7 Å². The highest BCUT2D eigenvalue weighted by Gasteiger charge is 2.26. The Kier molecular flexibility index (Phi) is 16.4. The fraction of sp³-hybridized carbons (Fsp3) is 0.947. The van der Waals surface area contributed by atoms with Gasteiger partial charge >= 0.3 is 0 Å². The van der Waals surface area contributed by atoms with Crippen molar-refractivity contribution < 1.29 is 13.2 Å². The van der Waals surface area contributed by atoms with Crippen LogP contribution in [0.2, 0.25) is 0 Å². The van der Waals surface area contributed by atoms with E-state index in [1.807, 2.05) is 6.92 Å². The van der Waals surface area contributed by atoms with Gasteiger partial charge in [-0.25, -0.2) is 13.1 Å². The van der Waals surface area contributed by atoms with Gasteiger partial charge in [0.05, 0.1) is 25.5 Å². The molecule has 0 aromatic heterocycles. The predicted octanol–water partition coefficient (Wildman–Crippen LogP) is 1.63. The minimum atomic E-state index is -3.12. The van der Waals surface area contributed by atoms with Crippen LogP contribution in [0.1, 0.15) is 47.0 Å². The van der Waals surface area contributed by atoms with Crippen LogP contribution >= 0.6 is 24.0 Å². The number of ether oxygens (including phenoxy) is 1. The number of hydrogen-bond donors (Lipinski definition) is 3. The SMILES string of the molecule is CCNC(=NCC(C(CC)CC)N1CCOCC1)NCCCNS(=O)(=O)CC.I. The molecule has 1 saturated heterocycles. The molecule has 0 spiro atoms. The maximum absolute atomic E-state index is 11.5. The molecule has 10 heteroatoms. The molecule has 0 aromatic carbocycles. The van der Waals surface area contributed by atoms with Crippen LogP contribution in [0.4, 0.5) is 0 Å². The van der Waals surface area contributed by atoms with Crippen molar-refractivity contribution in [1.29, 1.82) is 0 Å². The smallest absolute Gasteiger partial charge is 0.211 e. The summed E-state index contributed by atoms with van der Waals surface area (Å²) in [5.74, 6) is 1.53. The van der Waals surface area contributed by atoms with Crippen LogP contribution in [-0.4, -0.2) is 83.6 Å². The van der Waals surface area contributed by atoms with E-state index in [2.05, 4.69) is 34.1 Å². The van der Waals surface area contributed by atoms with Gasteiger partial charge < -0.3 is 15.4 Å². The van der Waals surface area contributed by atoms with E-state index in [0.717, 1.165) is 58.2 Å². The third kappa shape index (κ3) is 11.7. The van der Waals surface area contributed by atoms with Crippen molar-refractivity contribution in [3.8, 4) is 0 Å². The first-order chi connectivity index (χ1) is 13.5. The summed E-state index contributed by atoms with van der Waals surface area (Å²) in [6, 6.07) is 0.422. The molecule has 0 saturated carbocycles. The van der Waals surface area contributed by atoms with Crippen molar-refractivity contribution >= 4 is 40.0 Å². The molecule has 0 radical (unpaired) electrons. The van der Waals surface area contributed by atoms with Crippen molar-refractivity contribution in [3.05, 3.63) is 0 Å². The van der Waals surface area contributed by atoms with Gasteiger partial charge in [0.15, 0.2) is 5.96 Å². The second-order valence-electron chi connectivity index (χ2n) is 7.09. The summed E-state index contributed by atoms with van der Waals surface area (Å²) < 4.78 is 31.0. The van der Waals surface area contributed by atoms with E-state index in [4.69, 9.17) is 9.73 Å². The molecule has 0 aromatic rings. The van der Waals surface area contributed by atoms with Gasteiger partial charge in [-0.15, -0.1) is 24.0 Å². The fourth-order valence-corrected chi connectivity index (χ4v) is 4.12. The lowest BCUT2D eigenvalue weighted by molar-refractivity contribution is 0.00395. The largest absolute Gasteiger partial charge is 0.379 e. The lowest BCUT2D eigenvalue weighted by atomic mass is 9.92. The van der Waals surface area contributed by atoms with Gasteiger partial charge in [-0.05, 0) is 26.2 Å². The van der Waals surface area contributed by atoms with E-state index in [0.29, 0.717) is 31.5 Å². The van der Waals surface area contributed by atoms with Crippen molar-refractivity contribution in [3.63, 3.8) is 0 Å². The van der Waals surface area contributed by atoms with Crippen LogP contribution in [0, 0.1) is 5.92 Å². The van der Waals surface area contributed by atoms with Crippen LogP contribution in [0.3, 0.4) is 0 Å².